The molecule has 2 saturated carbocycles. The van der Waals surface area contributed by atoms with Gasteiger partial charge in [-0.05, 0) is 54.9 Å². The van der Waals surface area contributed by atoms with Crippen molar-refractivity contribution < 1.29 is 19.4 Å². The van der Waals surface area contributed by atoms with Crippen LogP contribution in [-0.2, 0) is 16.1 Å². The topological polar surface area (TPSA) is 87.7 Å². The molecule has 7 atom stereocenters. The van der Waals surface area contributed by atoms with E-state index in [0.29, 0.717) is 6.54 Å². The lowest BCUT2D eigenvalue weighted by molar-refractivity contribution is -0.143. The molecule has 7 unspecified atom stereocenters. The summed E-state index contributed by atoms with van der Waals surface area (Å²) in [6.07, 6.45) is 3.22. The normalized spacial score (nSPS) is 33.7. The Hall–Kier alpha value is -2.08. The van der Waals surface area contributed by atoms with Gasteiger partial charge in [-0.25, -0.2) is 0 Å². The minimum absolute atomic E-state index is 0.0219. The molecule has 0 bridgehead atoms. The summed E-state index contributed by atoms with van der Waals surface area (Å²) in [7, 11) is 1.62. The SMILES string of the molecule is COc1ccccc1CNC(=O)C(C)C1CCC2(C)CCC(NC(C)=O)C(C)C2C1O. The van der Waals surface area contributed by atoms with E-state index in [0.717, 1.165) is 37.0 Å². The molecule has 2 aliphatic carbocycles. The summed E-state index contributed by atoms with van der Waals surface area (Å²) >= 11 is 0. The zero-order valence-electron chi connectivity index (χ0n) is 19.5. The van der Waals surface area contributed by atoms with Gasteiger partial charge >= 0.3 is 0 Å². The molecule has 1 aromatic rings. The smallest absolute Gasteiger partial charge is 0.223 e. The molecule has 0 heterocycles. The van der Waals surface area contributed by atoms with Crippen molar-refractivity contribution in [2.45, 2.75) is 72.1 Å². The Morgan fingerprint density at radius 1 is 1.26 bits per heavy atom. The molecule has 1 aromatic carbocycles. The first-order valence-corrected chi connectivity index (χ1v) is 11.5. The van der Waals surface area contributed by atoms with E-state index in [1.807, 2.05) is 31.2 Å². The number of nitrogens with one attached hydrogen (secondary N) is 2. The van der Waals surface area contributed by atoms with E-state index in [-0.39, 0.29) is 46.9 Å². The van der Waals surface area contributed by atoms with E-state index in [2.05, 4.69) is 24.5 Å². The van der Waals surface area contributed by atoms with Gasteiger partial charge in [0.25, 0.3) is 0 Å². The largest absolute Gasteiger partial charge is 0.496 e. The lowest BCUT2D eigenvalue weighted by Crippen LogP contribution is -2.58. The number of para-hydroxylation sites is 1. The highest BCUT2D eigenvalue weighted by Gasteiger charge is 2.53. The van der Waals surface area contributed by atoms with Gasteiger partial charge in [0.05, 0.1) is 13.2 Å². The summed E-state index contributed by atoms with van der Waals surface area (Å²) in [6, 6.07) is 7.73. The molecule has 6 heteroatoms. The highest BCUT2D eigenvalue weighted by molar-refractivity contribution is 5.78. The second-order valence-corrected chi connectivity index (χ2v) is 9.90. The zero-order chi connectivity index (χ0) is 22.8. The predicted octanol–water partition coefficient (Wildman–Crippen LogP) is 3.28. The fourth-order valence-electron chi connectivity index (χ4n) is 6.15. The Kier molecular flexibility index (Phi) is 7.30. The first kappa shape index (κ1) is 23.6. The molecule has 2 amide bonds. The van der Waals surface area contributed by atoms with Crippen LogP contribution in [0.5, 0.6) is 5.75 Å². The van der Waals surface area contributed by atoms with Crippen LogP contribution in [0, 0.1) is 29.1 Å². The molecule has 2 fully saturated rings. The van der Waals surface area contributed by atoms with Crippen LogP contribution < -0.4 is 15.4 Å². The number of fused-ring (bicyclic) bond motifs is 1. The summed E-state index contributed by atoms with van der Waals surface area (Å²) in [6.45, 7) is 8.28. The number of aliphatic hydroxyl groups is 1. The second kappa shape index (κ2) is 9.60. The van der Waals surface area contributed by atoms with Gasteiger partial charge in [0.2, 0.25) is 11.8 Å². The average molecular weight is 431 g/mol. The molecular weight excluding hydrogens is 392 g/mol. The molecule has 31 heavy (non-hydrogen) atoms. The molecule has 3 N–H and O–H groups in total. The molecule has 172 valence electrons. The van der Waals surface area contributed by atoms with Crippen LogP contribution in [0.4, 0.5) is 0 Å². The number of benzene rings is 1. The van der Waals surface area contributed by atoms with Gasteiger partial charge in [-0.2, -0.15) is 0 Å². The van der Waals surface area contributed by atoms with Gasteiger partial charge in [-0.15, -0.1) is 0 Å². The lowest BCUT2D eigenvalue weighted by atomic mass is 9.51. The highest BCUT2D eigenvalue weighted by Crippen LogP contribution is 2.55. The number of carbonyl (C=O) groups excluding carboxylic acids is 2. The Bertz CT molecular complexity index is 797. The summed E-state index contributed by atoms with van der Waals surface area (Å²) in [5.41, 5.74) is 0.985. The van der Waals surface area contributed by atoms with Crippen molar-refractivity contribution in [2.24, 2.45) is 29.1 Å². The Morgan fingerprint density at radius 3 is 2.61 bits per heavy atom. The van der Waals surface area contributed by atoms with E-state index in [1.165, 1.54) is 0 Å². The number of rotatable bonds is 6. The molecule has 0 radical (unpaired) electrons. The van der Waals surface area contributed by atoms with E-state index in [1.54, 1.807) is 14.0 Å². The molecule has 0 saturated heterocycles. The minimum Gasteiger partial charge on any atom is -0.496 e. The van der Waals surface area contributed by atoms with Crippen LogP contribution >= 0.6 is 0 Å². The summed E-state index contributed by atoms with van der Waals surface area (Å²) in [5, 5.41) is 17.5. The van der Waals surface area contributed by atoms with Gasteiger partial charge in [0.1, 0.15) is 5.75 Å². The van der Waals surface area contributed by atoms with Gasteiger partial charge in [-0.3, -0.25) is 9.59 Å². The fraction of sp³-hybridized carbons (Fsp3) is 0.680. The van der Waals surface area contributed by atoms with Crippen molar-refractivity contribution in [1.82, 2.24) is 10.6 Å². The van der Waals surface area contributed by atoms with E-state index >= 15 is 0 Å². The molecule has 0 spiro atoms. The summed E-state index contributed by atoms with van der Waals surface area (Å²) < 4.78 is 5.37. The van der Waals surface area contributed by atoms with Crippen molar-refractivity contribution >= 4 is 11.8 Å². The Morgan fingerprint density at radius 2 is 1.94 bits per heavy atom. The van der Waals surface area contributed by atoms with Gasteiger partial charge in [0, 0.05) is 31.0 Å². The standard InChI is InChI=1S/C25H38N2O4/c1-15(24(30)26-14-18-8-6-7-9-21(18)31-5)19-10-12-25(4)13-11-20(27-17(3)28)16(2)22(25)23(19)29/h6-9,15-16,19-20,22-23,29H,10-14H2,1-5H3,(H,26,30)(H,27,28). The number of hydrogen-bond donors (Lipinski definition) is 3. The monoisotopic (exact) mass is 430 g/mol. The Balaban J connectivity index is 1.68. The lowest BCUT2D eigenvalue weighted by Gasteiger charge is -2.56. The van der Waals surface area contributed by atoms with Crippen molar-refractivity contribution in [3.8, 4) is 5.75 Å². The number of ether oxygens (including phenoxy) is 1. The number of carbonyl (C=O) groups is 2. The first-order valence-electron chi connectivity index (χ1n) is 11.5. The van der Waals surface area contributed by atoms with Gasteiger partial charge < -0.3 is 20.5 Å². The maximum atomic E-state index is 13.0. The molecule has 6 nitrogen and oxygen atoms in total. The van der Waals surface area contributed by atoms with Crippen molar-refractivity contribution in [3.63, 3.8) is 0 Å². The molecule has 2 aliphatic rings. The van der Waals surface area contributed by atoms with Crippen LogP contribution in [-0.4, -0.2) is 36.2 Å². The van der Waals surface area contributed by atoms with E-state index in [4.69, 9.17) is 4.74 Å². The van der Waals surface area contributed by atoms with Crippen molar-refractivity contribution in [1.29, 1.82) is 0 Å². The molecule has 3 rings (SSSR count). The van der Waals surface area contributed by atoms with Crippen LogP contribution in [0.3, 0.4) is 0 Å². The number of methoxy groups -OCH3 is 1. The van der Waals surface area contributed by atoms with Crippen molar-refractivity contribution in [2.75, 3.05) is 7.11 Å². The highest BCUT2D eigenvalue weighted by atomic mass is 16.5. The molecule has 0 aliphatic heterocycles. The quantitative estimate of drug-likeness (QED) is 0.646. The van der Waals surface area contributed by atoms with E-state index < -0.39 is 6.10 Å². The van der Waals surface area contributed by atoms with Gasteiger partial charge in [0.15, 0.2) is 0 Å². The van der Waals surface area contributed by atoms with E-state index in [9.17, 15) is 14.7 Å². The third-order valence-electron chi connectivity index (χ3n) is 7.98. The predicted molar refractivity (Wildman–Crippen MR) is 120 cm³/mol. The zero-order valence-corrected chi connectivity index (χ0v) is 19.5. The maximum Gasteiger partial charge on any atom is 0.223 e. The van der Waals surface area contributed by atoms with Crippen LogP contribution in [0.1, 0.15) is 58.9 Å². The maximum absolute atomic E-state index is 13.0. The third kappa shape index (κ3) is 4.89. The number of amides is 2. The summed E-state index contributed by atoms with van der Waals surface area (Å²) in [5.74, 6) is 0.554. The third-order valence-corrected chi connectivity index (χ3v) is 7.98. The van der Waals surface area contributed by atoms with Gasteiger partial charge in [-0.1, -0.05) is 39.0 Å². The Labute approximate surface area is 186 Å². The first-order chi connectivity index (χ1) is 14.7. The average Bonchev–Trinajstić information content (AvgIpc) is 2.73. The number of aliphatic hydroxyl groups excluding tert-OH is 1. The van der Waals surface area contributed by atoms with Crippen molar-refractivity contribution in [3.05, 3.63) is 29.8 Å². The fourth-order valence-corrected chi connectivity index (χ4v) is 6.15. The van der Waals surface area contributed by atoms with Crippen LogP contribution in [0.25, 0.3) is 0 Å². The second-order valence-electron chi connectivity index (χ2n) is 9.90. The summed E-state index contributed by atoms with van der Waals surface area (Å²) in [4.78, 5) is 24.6. The number of hydrogen-bond acceptors (Lipinski definition) is 4. The van der Waals surface area contributed by atoms with Crippen LogP contribution in [0.15, 0.2) is 24.3 Å². The minimum atomic E-state index is -0.558. The molecule has 0 aromatic heterocycles. The van der Waals surface area contributed by atoms with Crippen LogP contribution in [0.2, 0.25) is 0 Å². The molecular formula is C25H38N2O4.